The third-order valence-electron chi connectivity index (χ3n) is 2.53. The van der Waals surface area contributed by atoms with Crippen LogP contribution in [0.3, 0.4) is 0 Å². The largest absolute Gasteiger partial charge is 0.573 e. The first-order valence-corrected chi connectivity index (χ1v) is 6.71. The van der Waals surface area contributed by atoms with Crippen LogP contribution < -0.4 is 4.74 Å². The first kappa shape index (κ1) is 15.3. The van der Waals surface area contributed by atoms with Gasteiger partial charge in [0.1, 0.15) is 10.6 Å². The summed E-state index contributed by atoms with van der Waals surface area (Å²) in [7, 11) is 0. The molecule has 0 aliphatic heterocycles. The predicted octanol–water partition coefficient (Wildman–Crippen LogP) is 3.97. The predicted molar refractivity (Wildman–Crippen MR) is 70.6 cm³/mol. The lowest BCUT2D eigenvalue weighted by molar-refractivity contribution is -0.274. The number of nitrogens with zero attached hydrogens (tertiary/aromatic N) is 1. The van der Waals surface area contributed by atoms with Gasteiger partial charge in [-0.2, -0.15) is 0 Å². The number of carboxylic acid groups (broad SMARTS) is 1. The number of alkyl halides is 3. The molecule has 0 bridgehead atoms. The Morgan fingerprint density at radius 1 is 1.33 bits per heavy atom. The summed E-state index contributed by atoms with van der Waals surface area (Å²) in [6.45, 7) is 1.84. The number of benzene rings is 1. The van der Waals surface area contributed by atoms with Gasteiger partial charge >= 0.3 is 12.3 Å². The van der Waals surface area contributed by atoms with Crippen LogP contribution in [-0.4, -0.2) is 22.4 Å². The number of aromatic carboxylic acids is 1. The molecule has 1 aromatic carbocycles. The standard InChI is InChI=1S/C13H10F3NO3S/c1-2-9-17-10(11(21-9)12(18)19)7-3-5-8(6-4-7)20-13(14,15)16/h3-6H,2H2,1H3,(H,18,19). The molecule has 0 aliphatic rings. The van der Waals surface area contributed by atoms with Crippen molar-refractivity contribution >= 4 is 17.3 Å². The van der Waals surface area contributed by atoms with Crippen LogP contribution in [0, 0.1) is 0 Å². The van der Waals surface area contributed by atoms with Crippen LogP contribution in [0.15, 0.2) is 24.3 Å². The average molecular weight is 317 g/mol. The summed E-state index contributed by atoms with van der Waals surface area (Å²) < 4.78 is 40.0. The molecule has 1 heterocycles. The van der Waals surface area contributed by atoms with Crippen LogP contribution >= 0.6 is 11.3 Å². The number of carboxylic acids is 1. The Morgan fingerprint density at radius 3 is 2.43 bits per heavy atom. The minimum atomic E-state index is -4.76. The molecule has 0 saturated heterocycles. The summed E-state index contributed by atoms with van der Waals surface area (Å²) in [5.74, 6) is -1.48. The van der Waals surface area contributed by atoms with Gasteiger partial charge in [-0.15, -0.1) is 24.5 Å². The maximum absolute atomic E-state index is 12.1. The van der Waals surface area contributed by atoms with Crippen molar-refractivity contribution in [2.24, 2.45) is 0 Å². The van der Waals surface area contributed by atoms with E-state index in [1.807, 2.05) is 6.92 Å². The van der Waals surface area contributed by atoms with E-state index in [0.717, 1.165) is 23.5 Å². The molecule has 0 aliphatic carbocycles. The Labute approximate surface area is 121 Å². The number of hydrogen-bond acceptors (Lipinski definition) is 4. The first-order chi connectivity index (χ1) is 9.80. The summed E-state index contributed by atoms with van der Waals surface area (Å²) in [5, 5.41) is 9.79. The molecular formula is C13H10F3NO3S. The van der Waals surface area contributed by atoms with E-state index < -0.39 is 12.3 Å². The van der Waals surface area contributed by atoms with E-state index in [1.165, 1.54) is 12.1 Å². The van der Waals surface area contributed by atoms with E-state index in [0.29, 0.717) is 17.0 Å². The highest BCUT2D eigenvalue weighted by atomic mass is 32.1. The van der Waals surface area contributed by atoms with Crippen LogP contribution in [0.2, 0.25) is 0 Å². The Morgan fingerprint density at radius 2 is 1.95 bits per heavy atom. The smallest absolute Gasteiger partial charge is 0.477 e. The summed E-state index contributed by atoms with van der Waals surface area (Å²) in [5.41, 5.74) is 0.681. The number of rotatable bonds is 4. The normalized spacial score (nSPS) is 11.4. The second kappa shape index (κ2) is 5.72. The van der Waals surface area contributed by atoms with Crippen LogP contribution in [0.1, 0.15) is 21.6 Å². The molecule has 0 amide bonds. The first-order valence-electron chi connectivity index (χ1n) is 5.89. The molecule has 0 spiro atoms. The van der Waals surface area contributed by atoms with E-state index in [4.69, 9.17) is 5.11 Å². The summed E-state index contributed by atoms with van der Waals surface area (Å²) in [6.07, 6.45) is -4.18. The van der Waals surface area contributed by atoms with Crippen LogP contribution in [0.5, 0.6) is 5.75 Å². The lowest BCUT2D eigenvalue weighted by Gasteiger charge is -2.08. The summed E-state index contributed by atoms with van der Waals surface area (Å²) >= 11 is 1.05. The van der Waals surface area contributed by atoms with Gasteiger partial charge in [0.05, 0.1) is 10.7 Å². The molecule has 0 fully saturated rings. The highest BCUT2D eigenvalue weighted by Gasteiger charge is 2.31. The quantitative estimate of drug-likeness (QED) is 0.927. The van der Waals surface area contributed by atoms with Crippen molar-refractivity contribution in [3.8, 4) is 17.0 Å². The van der Waals surface area contributed by atoms with Gasteiger partial charge in [-0.25, -0.2) is 9.78 Å². The summed E-state index contributed by atoms with van der Waals surface area (Å²) in [4.78, 5) is 15.4. The average Bonchev–Trinajstić information content (AvgIpc) is 2.82. The highest BCUT2D eigenvalue weighted by molar-refractivity contribution is 7.14. The monoisotopic (exact) mass is 317 g/mol. The number of aryl methyl sites for hydroxylation is 1. The van der Waals surface area contributed by atoms with E-state index in [9.17, 15) is 18.0 Å². The molecular weight excluding hydrogens is 307 g/mol. The van der Waals surface area contributed by atoms with Gasteiger partial charge in [0.25, 0.3) is 0 Å². The molecule has 2 aromatic rings. The molecule has 1 N–H and O–H groups in total. The molecule has 21 heavy (non-hydrogen) atoms. The zero-order valence-electron chi connectivity index (χ0n) is 10.8. The van der Waals surface area contributed by atoms with E-state index in [1.54, 1.807) is 0 Å². The zero-order valence-corrected chi connectivity index (χ0v) is 11.6. The van der Waals surface area contributed by atoms with Gasteiger partial charge in [0.15, 0.2) is 0 Å². The van der Waals surface area contributed by atoms with Crippen molar-refractivity contribution in [3.05, 3.63) is 34.2 Å². The van der Waals surface area contributed by atoms with Crippen molar-refractivity contribution in [2.45, 2.75) is 19.7 Å². The number of halogens is 3. The lowest BCUT2D eigenvalue weighted by atomic mass is 10.1. The number of ether oxygens (including phenoxy) is 1. The third-order valence-corrected chi connectivity index (χ3v) is 3.72. The zero-order chi connectivity index (χ0) is 15.6. The maximum Gasteiger partial charge on any atom is 0.573 e. The van der Waals surface area contributed by atoms with Crippen molar-refractivity contribution in [1.82, 2.24) is 4.98 Å². The van der Waals surface area contributed by atoms with Crippen LogP contribution in [0.25, 0.3) is 11.3 Å². The minimum Gasteiger partial charge on any atom is -0.477 e. The van der Waals surface area contributed by atoms with Gasteiger partial charge in [0.2, 0.25) is 0 Å². The molecule has 0 atom stereocenters. The molecule has 8 heteroatoms. The fraction of sp³-hybridized carbons (Fsp3) is 0.231. The Bertz CT molecular complexity index is 650. The molecule has 0 unspecified atom stereocenters. The topological polar surface area (TPSA) is 59.4 Å². The second-order valence-corrected chi connectivity index (χ2v) is 5.10. The molecule has 1 aromatic heterocycles. The van der Waals surface area contributed by atoms with Gasteiger partial charge in [0, 0.05) is 5.56 Å². The fourth-order valence-electron chi connectivity index (χ4n) is 1.67. The SMILES string of the molecule is CCc1nc(-c2ccc(OC(F)(F)F)cc2)c(C(=O)O)s1. The number of carbonyl (C=O) groups is 1. The molecule has 0 saturated carbocycles. The van der Waals surface area contributed by atoms with E-state index >= 15 is 0 Å². The van der Waals surface area contributed by atoms with Crippen molar-refractivity contribution in [3.63, 3.8) is 0 Å². The molecule has 112 valence electrons. The van der Waals surface area contributed by atoms with E-state index in [2.05, 4.69) is 9.72 Å². The van der Waals surface area contributed by atoms with Gasteiger partial charge in [-0.1, -0.05) is 6.92 Å². The van der Waals surface area contributed by atoms with E-state index in [-0.39, 0.29) is 16.3 Å². The minimum absolute atomic E-state index is 0.0661. The van der Waals surface area contributed by atoms with Crippen LogP contribution in [0.4, 0.5) is 13.2 Å². The van der Waals surface area contributed by atoms with Crippen LogP contribution in [-0.2, 0) is 6.42 Å². The van der Waals surface area contributed by atoms with Crippen molar-refractivity contribution < 1.29 is 27.8 Å². The third kappa shape index (κ3) is 3.72. The number of aromatic nitrogens is 1. The molecule has 0 radical (unpaired) electrons. The number of hydrogen-bond donors (Lipinski definition) is 1. The molecule has 4 nitrogen and oxygen atoms in total. The fourth-order valence-corrected chi connectivity index (χ4v) is 2.54. The Balaban J connectivity index is 2.34. The molecule has 2 rings (SSSR count). The van der Waals surface area contributed by atoms with Gasteiger partial charge in [-0.3, -0.25) is 0 Å². The highest BCUT2D eigenvalue weighted by Crippen LogP contribution is 2.31. The second-order valence-electron chi connectivity index (χ2n) is 4.02. The Hall–Kier alpha value is -2.09. The number of thiazole rings is 1. The lowest BCUT2D eigenvalue weighted by Crippen LogP contribution is -2.16. The maximum atomic E-state index is 12.1. The summed E-state index contributed by atoms with van der Waals surface area (Å²) in [6, 6.07) is 4.95. The van der Waals surface area contributed by atoms with Gasteiger partial charge < -0.3 is 9.84 Å². The van der Waals surface area contributed by atoms with Gasteiger partial charge in [-0.05, 0) is 30.7 Å². The Kier molecular flexibility index (Phi) is 4.17. The van der Waals surface area contributed by atoms with Crippen molar-refractivity contribution in [1.29, 1.82) is 0 Å². The van der Waals surface area contributed by atoms with Crippen molar-refractivity contribution in [2.75, 3.05) is 0 Å².